The number of aryl methyl sites for hydroxylation is 2. The predicted molar refractivity (Wildman–Crippen MR) is 184 cm³/mol. The van der Waals surface area contributed by atoms with Crippen LogP contribution in [0, 0.1) is 13.8 Å². The van der Waals surface area contributed by atoms with Crippen molar-refractivity contribution in [2.75, 3.05) is 0 Å². The Kier molecular flexibility index (Phi) is 8.53. The first kappa shape index (κ1) is 30.9. The zero-order valence-electron chi connectivity index (χ0n) is 25.2. The SMILES string of the molecule is Cc1ccc(S(=O)(=O)/N=C/C2=Cc3c(-c4ccccc4)oc(-c4ccccc4)c3C=C(/C=N/S(=O)(=O)c3ccc(C)cc3)C2)cc1. The maximum atomic E-state index is 13.2. The number of hydrogen-bond donors (Lipinski definition) is 0. The first-order valence-corrected chi connectivity index (χ1v) is 17.4. The molecule has 0 saturated carbocycles. The number of rotatable bonds is 8. The Bertz CT molecular complexity index is 2070. The molecule has 0 atom stereocenters. The average molecular weight is 647 g/mol. The van der Waals surface area contributed by atoms with Gasteiger partial charge in [0, 0.05) is 41.1 Å². The first-order chi connectivity index (χ1) is 22.1. The van der Waals surface area contributed by atoms with Gasteiger partial charge in [0.05, 0.1) is 9.79 Å². The summed E-state index contributed by atoms with van der Waals surface area (Å²) in [4.78, 5) is 0.149. The Hall–Kier alpha value is -5.12. The van der Waals surface area contributed by atoms with E-state index in [1.54, 1.807) is 24.3 Å². The molecule has 0 bridgehead atoms. The lowest BCUT2D eigenvalue weighted by Crippen LogP contribution is -2.00. The van der Waals surface area contributed by atoms with Gasteiger partial charge >= 0.3 is 0 Å². The highest BCUT2D eigenvalue weighted by atomic mass is 32.2. The van der Waals surface area contributed by atoms with Crippen LogP contribution >= 0.6 is 0 Å². The molecule has 7 nitrogen and oxygen atoms in total. The van der Waals surface area contributed by atoms with E-state index in [2.05, 4.69) is 8.80 Å². The minimum absolute atomic E-state index is 0.0745. The lowest BCUT2D eigenvalue weighted by atomic mass is 10.0. The fraction of sp³-hybridized carbons (Fsp3) is 0.0811. The number of sulfonamides is 2. The van der Waals surface area contributed by atoms with Gasteiger partial charge in [0.25, 0.3) is 20.0 Å². The molecule has 0 saturated heterocycles. The van der Waals surface area contributed by atoms with Crippen molar-refractivity contribution >= 4 is 44.6 Å². The molecule has 1 aliphatic carbocycles. The molecule has 1 heterocycles. The van der Waals surface area contributed by atoms with Gasteiger partial charge < -0.3 is 4.42 Å². The van der Waals surface area contributed by atoms with Crippen molar-refractivity contribution in [2.45, 2.75) is 30.1 Å². The highest BCUT2D eigenvalue weighted by molar-refractivity contribution is 7.90. The van der Waals surface area contributed by atoms with Crippen LogP contribution in [0.25, 0.3) is 34.8 Å². The van der Waals surface area contributed by atoms with E-state index < -0.39 is 20.0 Å². The second-order valence-corrected chi connectivity index (χ2v) is 14.2. The minimum Gasteiger partial charge on any atom is -0.455 e. The summed E-state index contributed by atoms with van der Waals surface area (Å²) in [5.41, 5.74) is 5.99. The second kappa shape index (κ2) is 12.7. The van der Waals surface area contributed by atoms with Crippen LogP contribution in [-0.2, 0) is 20.0 Å². The van der Waals surface area contributed by atoms with Crippen LogP contribution in [0.3, 0.4) is 0 Å². The summed E-state index contributed by atoms with van der Waals surface area (Å²) >= 11 is 0. The maximum absolute atomic E-state index is 13.2. The Labute approximate surface area is 269 Å². The summed E-state index contributed by atoms with van der Waals surface area (Å²) in [6, 6.07) is 32.1. The zero-order chi connectivity index (χ0) is 32.3. The molecule has 0 N–H and O–H groups in total. The summed E-state index contributed by atoms with van der Waals surface area (Å²) < 4.78 is 67.2. The van der Waals surface area contributed by atoms with Gasteiger partial charge in [-0.05, 0) is 61.4 Å². The van der Waals surface area contributed by atoms with E-state index in [-0.39, 0.29) is 16.2 Å². The van der Waals surface area contributed by atoms with Gasteiger partial charge in [-0.15, -0.1) is 0 Å². The molecule has 0 amide bonds. The van der Waals surface area contributed by atoms with Crippen LogP contribution in [-0.4, -0.2) is 29.3 Å². The summed E-state index contributed by atoms with van der Waals surface area (Å²) in [7, 11) is -8.00. The molecule has 0 fully saturated rings. The molecule has 46 heavy (non-hydrogen) atoms. The quantitative estimate of drug-likeness (QED) is 0.158. The largest absolute Gasteiger partial charge is 0.455 e. The van der Waals surface area contributed by atoms with E-state index in [0.717, 1.165) is 22.3 Å². The third kappa shape index (κ3) is 6.75. The van der Waals surface area contributed by atoms with Crippen molar-refractivity contribution in [3.63, 3.8) is 0 Å². The summed E-state index contributed by atoms with van der Waals surface area (Å²) in [5, 5.41) is 0. The second-order valence-electron chi connectivity index (χ2n) is 11.0. The first-order valence-electron chi connectivity index (χ1n) is 14.5. The van der Waals surface area contributed by atoms with Gasteiger partial charge in [0.1, 0.15) is 11.5 Å². The Morgan fingerprint density at radius 3 is 1.28 bits per heavy atom. The Balaban J connectivity index is 1.51. The minimum atomic E-state index is -4.00. The van der Waals surface area contributed by atoms with Crippen molar-refractivity contribution in [1.82, 2.24) is 0 Å². The van der Waals surface area contributed by atoms with Gasteiger partial charge in [0.15, 0.2) is 0 Å². The highest BCUT2D eigenvalue weighted by Gasteiger charge is 2.24. The van der Waals surface area contributed by atoms with Crippen molar-refractivity contribution in [3.8, 4) is 22.6 Å². The summed E-state index contributed by atoms with van der Waals surface area (Å²) in [5.74, 6) is 1.17. The highest BCUT2D eigenvalue weighted by Crippen LogP contribution is 2.41. The van der Waals surface area contributed by atoms with Crippen molar-refractivity contribution in [2.24, 2.45) is 8.80 Å². The average Bonchev–Trinajstić information content (AvgIpc) is 3.30. The standard InChI is InChI=1S/C37H30N2O5S2/c1-26-13-17-32(18-14-26)45(40,41)38-24-28-21-29(25-39-46(42,43)33-19-15-27(2)16-20-33)23-35-34(22-28)36(30-9-5-3-6-10-30)44-37(35)31-11-7-4-8-12-31/h3-20,22-25H,21H2,1-2H3/b38-24+,39-25+. The molecule has 1 aromatic heterocycles. The molecule has 0 spiro atoms. The smallest absolute Gasteiger partial charge is 0.282 e. The topological polar surface area (TPSA) is 106 Å². The van der Waals surface area contributed by atoms with E-state index in [1.807, 2.05) is 86.7 Å². The number of hydrogen-bond acceptors (Lipinski definition) is 5. The molecule has 0 aliphatic heterocycles. The van der Waals surface area contributed by atoms with E-state index in [1.165, 1.54) is 36.7 Å². The van der Waals surface area contributed by atoms with Crippen LogP contribution in [0.4, 0.5) is 0 Å². The normalized spacial score (nSPS) is 13.8. The van der Waals surface area contributed by atoms with Crippen LogP contribution in [0.15, 0.2) is 143 Å². The lowest BCUT2D eigenvalue weighted by Gasteiger charge is -2.05. The van der Waals surface area contributed by atoms with E-state index in [4.69, 9.17) is 4.42 Å². The fourth-order valence-corrected chi connectivity index (χ4v) is 6.79. The van der Waals surface area contributed by atoms with Gasteiger partial charge in [-0.2, -0.15) is 25.6 Å². The zero-order valence-corrected chi connectivity index (χ0v) is 26.8. The maximum Gasteiger partial charge on any atom is 0.282 e. The molecule has 9 heteroatoms. The summed E-state index contributed by atoms with van der Waals surface area (Å²) in [6.45, 7) is 3.75. The predicted octanol–water partition coefficient (Wildman–Crippen LogP) is 8.32. The number of fused-ring (bicyclic) bond motifs is 1. The summed E-state index contributed by atoms with van der Waals surface area (Å²) in [6.07, 6.45) is 6.47. The molecule has 4 aromatic carbocycles. The molecular formula is C37H30N2O5S2. The van der Waals surface area contributed by atoms with Crippen LogP contribution < -0.4 is 0 Å². The third-order valence-corrected chi connectivity index (χ3v) is 9.98. The molecule has 1 aliphatic rings. The molecular weight excluding hydrogens is 617 g/mol. The van der Waals surface area contributed by atoms with E-state index in [9.17, 15) is 16.8 Å². The molecule has 230 valence electrons. The third-order valence-electron chi connectivity index (χ3n) is 7.48. The van der Waals surface area contributed by atoms with Gasteiger partial charge in [-0.3, -0.25) is 0 Å². The van der Waals surface area contributed by atoms with E-state index >= 15 is 0 Å². The monoisotopic (exact) mass is 646 g/mol. The number of benzene rings is 4. The van der Waals surface area contributed by atoms with Gasteiger partial charge in [-0.1, -0.05) is 96.1 Å². The lowest BCUT2D eigenvalue weighted by molar-refractivity contribution is 0.596. The van der Waals surface area contributed by atoms with Crippen LogP contribution in [0.1, 0.15) is 28.7 Å². The van der Waals surface area contributed by atoms with Crippen LogP contribution in [0.5, 0.6) is 0 Å². The number of allylic oxidation sites excluding steroid dienone is 2. The number of nitrogens with zero attached hydrogens (tertiary/aromatic N) is 2. The van der Waals surface area contributed by atoms with Crippen LogP contribution in [0.2, 0.25) is 0 Å². The number of furan rings is 1. The van der Waals surface area contributed by atoms with Crippen molar-refractivity contribution < 1.29 is 21.3 Å². The van der Waals surface area contributed by atoms with Gasteiger partial charge in [-0.25, -0.2) is 0 Å². The van der Waals surface area contributed by atoms with Crippen molar-refractivity contribution in [1.29, 1.82) is 0 Å². The van der Waals surface area contributed by atoms with Crippen molar-refractivity contribution in [3.05, 3.63) is 143 Å². The molecule has 0 radical (unpaired) electrons. The molecule has 6 rings (SSSR count). The Morgan fingerprint density at radius 1 is 0.543 bits per heavy atom. The molecule has 5 aromatic rings. The van der Waals surface area contributed by atoms with E-state index in [0.29, 0.717) is 33.8 Å². The Morgan fingerprint density at radius 2 is 0.913 bits per heavy atom. The molecule has 0 unspecified atom stereocenters. The fourth-order valence-electron chi connectivity index (χ4n) is 5.04. The van der Waals surface area contributed by atoms with Gasteiger partial charge in [0.2, 0.25) is 0 Å².